The van der Waals surface area contributed by atoms with E-state index < -0.39 is 0 Å². The third-order valence-corrected chi connectivity index (χ3v) is 6.44. The van der Waals surface area contributed by atoms with E-state index >= 15 is 0 Å². The Balaban J connectivity index is 2.12. The molecule has 0 spiro atoms. The van der Waals surface area contributed by atoms with Crippen LogP contribution in [0.25, 0.3) is 0 Å². The van der Waals surface area contributed by atoms with Crippen molar-refractivity contribution < 1.29 is 9.59 Å². The van der Waals surface area contributed by atoms with Crippen LogP contribution >= 0.6 is 0 Å². The molecule has 0 aliphatic carbocycles. The molecule has 0 aromatic heterocycles. The first-order valence-electron chi connectivity index (χ1n) is 8.49. The first-order chi connectivity index (χ1) is 11.2. The summed E-state index contributed by atoms with van der Waals surface area (Å²) in [5, 5.41) is 0. The quantitative estimate of drug-likeness (QED) is 0.650. The molecule has 126 valence electrons. The Morgan fingerprint density at radius 3 is 2.35 bits per heavy atom. The second-order valence-corrected chi connectivity index (χ2v) is 8.52. The van der Waals surface area contributed by atoms with E-state index in [1.54, 1.807) is 0 Å². The van der Waals surface area contributed by atoms with Gasteiger partial charge in [-0.15, -0.1) is 0 Å². The van der Waals surface area contributed by atoms with E-state index in [0.717, 1.165) is 32.2 Å². The summed E-state index contributed by atoms with van der Waals surface area (Å²) in [4.78, 5) is 28.7. The van der Waals surface area contributed by atoms with Gasteiger partial charge in [0.1, 0.15) is 0 Å². The summed E-state index contributed by atoms with van der Waals surface area (Å²) in [5.41, 5.74) is 0. The molecule has 3 amide bonds. The van der Waals surface area contributed by atoms with Gasteiger partial charge in [-0.1, -0.05) is 0 Å². The summed E-state index contributed by atoms with van der Waals surface area (Å²) in [5.74, 6) is 0.0278. The predicted octanol–water partition coefficient (Wildman–Crippen LogP) is 2.67. The number of unbranched alkanes of at least 4 members (excludes halogenated alkanes) is 2. The van der Waals surface area contributed by atoms with Gasteiger partial charge in [0, 0.05) is 0 Å². The maximum atomic E-state index is 12.8. The van der Waals surface area contributed by atoms with E-state index in [2.05, 4.69) is 26.0 Å². The fourth-order valence-electron chi connectivity index (χ4n) is 2.60. The van der Waals surface area contributed by atoms with Gasteiger partial charge in [-0.05, 0) is 0 Å². The summed E-state index contributed by atoms with van der Waals surface area (Å²) >= 11 is 0.0635. The molecule has 1 atom stereocenters. The Labute approximate surface area is 145 Å². The summed E-state index contributed by atoms with van der Waals surface area (Å²) in [6.07, 6.45) is 3.92. The van der Waals surface area contributed by atoms with E-state index in [9.17, 15) is 9.59 Å². The number of hydrogen-bond donors (Lipinski definition) is 0. The standard InChI is InChI=1S/C18H26N2O2Se/c1-3-5-12-19-14-16(23-15-10-8-7-9-11-15)17(21)20(18(19)22)13-6-4-2/h7-11,16H,3-6,12-14H2,1-2H3. The summed E-state index contributed by atoms with van der Waals surface area (Å²) in [6.45, 7) is 6.10. The van der Waals surface area contributed by atoms with Gasteiger partial charge in [0.05, 0.1) is 0 Å². The molecule has 1 heterocycles. The van der Waals surface area contributed by atoms with Crippen LogP contribution < -0.4 is 4.46 Å². The number of nitrogens with zero attached hydrogens (tertiary/aromatic N) is 2. The molecule has 0 radical (unpaired) electrons. The fourth-order valence-corrected chi connectivity index (χ4v) is 4.97. The normalized spacial score (nSPS) is 18.6. The molecule has 1 aliphatic heterocycles. The second kappa shape index (κ2) is 9.09. The number of amides is 3. The first kappa shape index (κ1) is 18.0. The van der Waals surface area contributed by atoms with Gasteiger partial charge in [0.25, 0.3) is 0 Å². The molecule has 1 saturated heterocycles. The third-order valence-electron chi connectivity index (χ3n) is 3.97. The van der Waals surface area contributed by atoms with E-state index in [4.69, 9.17) is 0 Å². The van der Waals surface area contributed by atoms with Gasteiger partial charge in [0.15, 0.2) is 0 Å². The molecule has 2 rings (SSSR count). The van der Waals surface area contributed by atoms with Crippen LogP contribution in [-0.2, 0) is 4.79 Å². The van der Waals surface area contributed by atoms with E-state index in [0.29, 0.717) is 13.1 Å². The molecular weight excluding hydrogens is 355 g/mol. The molecular formula is C18H26N2O2Se. The SMILES string of the molecule is CCCCN1CC([Se]c2ccccc2)C(=O)N(CCCC)C1=O. The van der Waals surface area contributed by atoms with Crippen LogP contribution in [-0.4, -0.2) is 56.3 Å². The van der Waals surface area contributed by atoms with Crippen LogP contribution in [0, 0.1) is 0 Å². The zero-order chi connectivity index (χ0) is 16.7. The van der Waals surface area contributed by atoms with Crippen LogP contribution in [0.3, 0.4) is 0 Å². The Hall–Kier alpha value is -1.32. The van der Waals surface area contributed by atoms with Crippen LogP contribution in [0.15, 0.2) is 30.3 Å². The zero-order valence-corrected chi connectivity index (χ0v) is 15.7. The predicted molar refractivity (Wildman–Crippen MR) is 94.1 cm³/mol. The molecule has 1 fully saturated rings. The van der Waals surface area contributed by atoms with E-state index in [1.807, 2.05) is 23.1 Å². The fraction of sp³-hybridized carbons (Fsp3) is 0.556. The van der Waals surface area contributed by atoms with Crippen molar-refractivity contribution >= 4 is 31.4 Å². The Morgan fingerprint density at radius 2 is 1.70 bits per heavy atom. The van der Waals surface area contributed by atoms with Crippen molar-refractivity contribution in [2.24, 2.45) is 0 Å². The van der Waals surface area contributed by atoms with Crippen molar-refractivity contribution in [2.45, 2.75) is 44.3 Å². The van der Waals surface area contributed by atoms with Crippen molar-refractivity contribution in [1.29, 1.82) is 0 Å². The van der Waals surface area contributed by atoms with Crippen LogP contribution in [0.1, 0.15) is 39.5 Å². The Kier molecular flexibility index (Phi) is 7.13. The maximum absolute atomic E-state index is 12.8. The number of imide groups is 1. The molecule has 5 heteroatoms. The number of urea groups is 1. The van der Waals surface area contributed by atoms with Gasteiger partial charge in [-0.25, -0.2) is 0 Å². The van der Waals surface area contributed by atoms with E-state index in [-0.39, 0.29) is 31.7 Å². The summed E-state index contributed by atoms with van der Waals surface area (Å²) in [7, 11) is 0. The van der Waals surface area contributed by atoms with Crippen molar-refractivity contribution in [3.05, 3.63) is 30.3 Å². The van der Waals surface area contributed by atoms with Crippen LogP contribution in [0.5, 0.6) is 0 Å². The Bertz CT molecular complexity index is 521. The Morgan fingerprint density at radius 1 is 1.04 bits per heavy atom. The monoisotopic (exact) mass is 382 g/mol. The van der Waals surface area contributed by atoms with E-state index in [1.165, 1.54) is 9.36 Å². The zero-order valence-electron chi connectivity index (χ0n) is 14.0. The van der Waals surface area contributed by atoms with Gasteiger partial charge in [-0.3, -0.25) is 0 Å². The molecule has 23 heavy (non-hydrogen) atoms. The van der Waals surface area contributed by atoms with Gasteiger partial charge >= 0.3 is 145 Å². The summed E-state index contributed by atoms with van der Waals surface area (Å²) in [6, 6.07) is 10.1. The average Bonchev–Trinajstić information content (AvgIpc) is 2.57. The minimum atomic E-state index is -0.0861. The number of rotatable bonds is 8. The molecule has 1 aromatic carbocycles. The van der Waals surface area contributed by atoms with Crippen molar-refractivity contribution in [2.75, 3.05) is 19.6 Å². The van der Waals surface area contributed by atoms with Crippen molar-refractivity contribution in [1.82, 2.24) is 9.80 Å². The average molecular weight is 381 g/mol. The number of hydrogen-bond acceptors (Lipinski definition) is 2. The van der Waals surface area contributed by atoms with Crippen molar-refractivity contribution in [3.63, 3.8) is 0 Å². The third kappa shape index (κ3) is 4.82. The molecule has 1 aromatic rings. The van der Waals surface area contributed by atoms with Crippen LogP contribution in [0.4, 0.5) is 4.79 Å². The second-order valence-electron chi connectivity index (χ2n) is 5.85. The topological polar surface area (TPSA) is 40.6 Å². The molecule has 4 nitrogen and oxygen atoms in total. The van der Waals surface area contributed by atoms with Crippen LogP contribution in [0.2, 0.25) is 4.82 Å². The molecule has 0 N–H and O–H groups in total. The molecule has 0 bridgehead atoms. The molecule has 0 saturated carbocycles. The number of benzene rings is 1. The molecule has 1 unspecified atom stereocenters. The number of carbonyl (C=O) groups excluding carboxylic acids is 2. The summed E-state index contributed by atoms with van der Waals surface area (Å²) < 4.78 is 1.22. The molecule has 1 aliphatic rings. The number of carbonyl (C=O) groups is 2. The minimum absolute atomic E-state index is 0.0278. The first-order valence-corrected chi connectivity index (χ1v) is 10.3. The van der Waals surface area contributed by atoms with Gasteiger partial charge in [-0.2, -0.15) is 0 Å². The van der Waals surface area contributed by atoms with Crippen molar-refractivity contribution in [3.8, 4) is 0 Å². The van der Waals surface area contributed by atoms with Gasteiger partial charge < -0.3 is 0 Å². The van der Waals surface area contributed by atoms with Gasteiger partial charge in [0.2, 0.25) is 0 Å².